The second-order valence-electron chi connectivity index (χ2n) is 4.49. The van der Waals surface area contributed by atoms with E-state index in [1.165, 1.54) is 6.07 Å². The van der Waals surface area contributed by atoms with E-state index >= 15 is 0 Å². The van der Waals surface area contributed by atoms with Gasteiger partial charge in [-0.05, 0) is 105 Å². The van der Waals surface area contributed by atoms with Crippen molar-refractivity contribution in [2.45, 2.75) is 13.8 Å². The van der Waals surface area contributed by atoms with Crippen molar-refractivity contribution in [3.05, 3.63) is 39.6 Å². The molecule has 0 radical (unpaired) electrons. The molecule has 22 heavy (non-hydrogen) atoms. The highest BCUT2D eigenvalue weighted by Crippen LogP contribution is 2.50. The molecule has 0 aromatic heterocycles. The minimum absolute atomic E-state index is 0.0462. The summed E-state index contributed by atoms with van der Waals surface area (Å²) < 4.78 is 8.88. The molecule has 0 aliphatic rings. The van der Waals surface area contributed by atoms with Crippen LogP contribution in [0.25, 0.3) is 0 Å². The monoisotopic (exact) mass is 620 g/mol. The number of phenols is 2. The van der Waals surface area contributed by atoms with Crippen LogP contribution in [0.5, 0.6) is 23.0 Å². The molecule has 118 valence electrons. The van der Waals surface area contributed by atoms with E-state index in [1.54, 1.807) is 0 Å². The molecule has 0 heterocycles. The zero-order chi connectivity index (χ0) is 16.8. The van der Waals surface area contributed by atoms with Crippen LogP contribution in [0.1, 0.15) is 11.1 Å². The number of aromatic hydroxyl groups is 2. The molecule has 2 N–H and O–H groups in total. The third-order valence-corrected chi connectivity index (χ3v) is 7.70. The molecule has 8 heteroatoms. The lowest BCUT2D eigenvalue weighted by Crippen LogP contribution is -1.94. The predicted molar refractivity (Wildman–Crippen MR) is 104 cm³/mol. The maximum absolute atomic E-state index is 10.1. The molecule has 2 aromatic rings. The largest absolute Gasteiger partial charge is 0.507 e. The number of rotatable bonds is 2. The lowest BCUT2D eigenvalue weighted by Gasteiger charge is -2.17. The molecular formula is C14H9Br5O3. The highest BCUT2D eigenvalue weighted by atomic mass is 79.9. The van der Waals surface area contributed by atoms with Gasteiger partial charge in [-0.3, -0.25) is 0 Å². The van der Waals surface area contributed by atoms with Crippen molar-refractivity contribution in [2.24, 2.45) is 0 Å². The summed E-state index contributed by atoms with van der Waals surface area (Å²) >= 11 is 16.9. The smallest absolute Gasteiger partial charge is 0.159 e. The predicted octanol–water partition coefficient (Wildman–Crippen LogP) is 7.32. The summed E-state index contributed by atoms with van der Waals surface area (Å²) in [5.74, 6) is 0.964. The fourth-order valence-corrected chi connectivity index (χ4v) is 4.86. The molecule has 2 aromatic carbocycles. The van der Waals surface area contributed by atoms with Crippen LogP contribution in [0.15, 0.2) is 28.4 Å². The van der Waals surface area contributed by atoms with Crippen molar-refractivity contribution in [2.75, 3.05) is 0 Å². The molecule has 0 bridgehead atoms. The van der Waals surface area contributed by atoms with Gasteiger partial charge in [0, 0.05) is 6.07 Å². The fourth-order valence-electron chi connectivity index (χ4n) is 1.74. The summed E-state index contributed by atoms with van der Waals surface area (Å²) in [6.45, 7) is 3.68. The number of hydrogen-bond donors (Lipinski definition) is 2. The highest BCUT2D eigenvalue weighted by molar-refractivity contribution is 9.12. The Balaban J connectivity index is 2.63. The van der Waals surface area contributed by atoms with E-state index in [-0.39, 0.29) is 11.5 Å². The van der Waals surface area contributed by atoms with Gasteiger partial charge in [-0.1, -0.05) is 0 Å². The van der Waals surface area contributed by atoms with Gasteiger partial charge in [0.2, 0.25) is 0 Å². The average Bonchev–Trinajstić information content (AvgIpc) is 2.50. The van der Waals surface area contributed by atoms with Crippen LogP contribution in [-0.2, 0) is 0 Å². The van der Waals surface area contributed by atoms with Gasteiger partial charge >= 0.3 is 0 Å². The quantitative estimate of drug-likeness (QED) is 0.368. The van der Waals surface area contributed by atoms with Crippen LogP contribution in [0.2, 0.25) is 0 Å². The van der Waals surface area contributed by atoms with Gasteiger partial charge in [0.05, 0.1) is 17.9 Å². The molecule has 2 rings (SSSR count). The second kappa shape index (κ2) is 7.01. The van der Waals surface area contributed by atoms with Gasteiger partial charge < -0.3 is 14.9 Å². The van der Waals surface area contributed by atoms with Crippen LogP contribution in [-0.4, -0.2) is 10.2 Å². The SMILES string of the molecule is Cc1c(Br)c(O)cc(Oc2c(Br)c(C)c(Br)c(O)c2Br)c1Br. The molecule has 0 aliphatic heterocycles. The number of hydrogen-bond acceptors (Lipinski definition) is 3. The first-order valence-corrected chi connectivity index (χ1v) is 9.84. The van der Waals surface area contributed by atoms with Crippen molar-refractivity contribution in [3.8, 4) is 23.0 Å². The van der Waals surface area contributed by atoms with E-state index in [4.69, 9.17) is 4.74 Å². The number of benzene rings is 2. The van der Waals surface area contributed by atoms with Crippen molar-refractivity contribution in [1.82, 2.24) is 0 Å². The van der Waals surface area contributed by atoms with Gasteiger partial charge in [-0.2, -0.15) is 0 Å². The second-order valence-corrected chi connectivity index (χ2v) is 8.46. The minimum atomic E-state index is 0.0462. The van der Waals surface area contributed by atoms with Gasteiger partial charge in [0.1, 0.15) is 21.7 Å². The number of ether oxygens (including phenoxy) is 1. The van der Waals surface area contributed by atoms with Crippen LogP contribution >= 0.6 is 79.6 Å². The Morgan fingerprint density at radius 2 is 1.32 bits per heavy atom. The Bertz CT molecular complexity index is 745. The molecule has 0 fully saturated rings. The zero-order valence-electron chi connectivity index (χ0n) is 11.3. The lowest BCUT2D eigenvalue weighted by atomic mass is 10.2. The fraction of sp³-hybridized carbons (Fsp3) is 0.143. The third-order valence-electron chi connectivity index (χ3n) is 3.05. The van der Waals surface area contributed by atoms with Gasteiger partial charge in [0.15, 0.2) is 5.75 Å². The van der Waals surface area contributed by atoms with Crippen LogP contribution in [0, 0.1) is 13.8 Å². The number of phenolic OH excluding ortho intramolecular Hbond substituents is 2. The summed E-state index contributed by atoms with van der Waals surface area (Å²) in [4.78, 5) is 0. The molecule has 0 amide bonds. The summed E-state index contributed by atoms with van der Waals surface area (Å²) in [5.41, 5.74) is 1.60. The Morgan fingerprint density at radius 1 is 0.773 bits per heavy atom. The molecule has 0 unspecified atom stereocenters. The zero-order valence-corrected chi connectivity index (χ0v) is 19.2. The Labute approximate surface area is 169 Å². The summed E-state index contributed by atoms with van der Waals surface area (Å²) in [5, 5.41) is 20.1. The molecule has 0 saturated heterocycles. The van der Waals surface area contributed by atoms with Crippen molar-refractivity contribution in [1.29, 1.82) is 0 Å². The Morgan fingerprint density at radius 3 is 1.91 bits per heavy atom. The maximum atomic E-state index is 10.1. The maximum Gasteiger partial charge on any atom is 0.159 e. The van der Waals surface area contributed by atoms with Crippen molar-refractivity contribution in [3.63, 3.8) is 0 Å². The van der Waals surface area contributed by atoms with Gasteiger partial charge in [0.25, 0.3) is 0 Å². The van der Waals surface area contributed by atoms with E-state index in [9.17, 15) is 10.2 Å². The molecule has 3 nitrogen and oxygen atoms in total. The first-order valence-electron chi connectivity index (χ1n) is 5.88. The highest BCUT2D eigenvalue weighted by Gasteiger charge is 2.21. The number of halogens is 5. The Kier molecular flexibility index (Phi) is 5.92. The molecule has 0 spiro atoms. The van der Waals surface area contributed by atoms with Crippen LogP contribution in [0.4, 0.5) is 0 Å². The van der Waals surface area contributed by atoms with Crippen LogP contribution < -0.4 is 4.74 Å². The molecule has 0 aliphatic carbocycles. The standard InChI is InChI=1S/C14H9Br5O3/c1-4-8(15)6(20)3-7(9(4)16)22-14-11(18)5(2)10(17)13(21)12(14)19/h3,20-21H,1-2H3. The molecular weight excluding hydrogens is 616 g/mol. The van der Waals surface area contributed by atoms with E-state index < -0.39 is 0 Å². The molecule has 0 saturated carbocycles. The average molecular weight is 625 g/mol. The molecule has 0 atom stereocenters. The van der Waals surface area contributed by atoms with Crippen molar-refractivity contribution >= 4 is 79.6 Å². The summed E-state index contributed by atoms with van der Waals surface area (Å²) in [6.07, 6.45) is 0. The van der Waals surface area contributed by atoms with Gasteiger partial charge in [-0.25, -0.2) is 0 Å². The van der Waals surface area contributed by atoms with Crippen LogP contribution in [0.3, 0.4) is 0 Å². The summed E-state index contributed by atoms with van der Waals surface area (Å²) in [6, 6.07) is 1.49. The first-order chi connectivity index (χ1) is 10.2. The van der Waals surface area contributed by atoms with Gasteiger partial charge in [-0.15, -0.1) is 0 Å². The summed E-state index contributed by atoms with van der Waals surface area (Å²) in [7, 11) is 0. The first kappa shape index (κ1) is 18.6. The normalized spacial score (nSPS) is 10.9. The topological polar surface area (TPSA) is 49.7 Å². The third kappa shape index (κ3) is 3.22. The van der Waals surface area contributed by atoms with Crippen molar-refractivity contribution < 1.29 is 14.9 Å². The van der Waals surface area contributed by atoms with E-state index in [2.05, 4.69) is 79.6 Å². The lowest BCUT2D eigenvalue weighted by molar-refractivity contribution is 0.435. The van der Waals surface area contributed by atoms with E-state index in [1.807, 2.05) is 13.8 Å². The van der Waals surface area contributed by atoms with E-state index in [0.717, 1.165) is 11.1 Å². The Hall–Kier alpha value is 0.240. The minimum Gasteiger partial charge on any atom is -0.507 e. The van der Waals surface area contributed by atoms with E-state index in [0.29, 0.717) is 33.9 Å².